The van der Waals surface area contributed by atoms with E-state index >= 15 is 0 Å². The van der Waals surface area contributed by atoms with E-state index < -0.39 is 101 Å². The van der Waals surface area contributed by atoms with Crippen LogP contribution in [0.4, 0.5) is 0 Å². The second-order valence-corrected chi connectivity index (χ2v) is 20.6. The fourth-order valence-electron chi connectivity index (χ4n) is 13.4. The van der Waals surface area contributed by atoms with Crippen molar-refractivity contribution in [2.24, 2.45) is 50.2 Å². The van der Waals surface area contributed by atoms with Gasteiger partial charge in [-0.2, -0.15) is 0 Å². The molecule has 0 aromatic heterocycles. The summed E-state index contributed by atoms with van der Waals surface area (Å²) in [5.74, 6) is -1.40. The topological polar surface area (TPSA) is 192 Å². The summed E-state index contributed by atoms with van der Waals surface area (Å²) in [5.41, 5.74) is -1.88. The first kappa shape index (κ1) is 45.4. The third kappa shape index (κ3) is 6.52. The van der Waals surface area contributed by atoms with Gasteiger partial charge in [-0.15, -0.1) is 0 Å². The van der Waals surface area contributed by atoms with E-state index in [1.54, 1.807) is 46.8 Å². The van der Waals surface area contributed by atoms with Gasteiger partial charge in [-0.05, 0) is 119 Å². The highest BCUT2D eigenvalue weighted by Gasteiger charge is 2.73. The fraction of sp³-hybridized carbons (Fsp3) is 0.826. The lowest BCUT2D eigenvalue weighted by Crippen LogP contribution is -2.72. The molecule has 0 radical (unpaired) electrons. The first-order chi connectivity index (χ1) is 27.0. The summed E-state index contributed by atoms with van der Waals surface area (Å²) >= 11 is 0. The monoisotopic (exact) mass is 817 g/mol. The molecule has 4 saturated carbocycles. The van der Waals surface area contributed by atoms with Crippen molar-refractivity contribution in [2.75, 3.05) is 13.2 Å². The van der Waals surface area contributed by atoms with Crippen LogP contribution in [0.5, 0.6) is 0 Å². The van der Waals surface area contributed by atoms with Gasteiger partial charge in [0.15, 0.2) is 18.5 Å². The Morgan fingerprint density at radius 2 is 1.43 bits per heavy atom. The lowest BCUT2D eigenvalue weighted by atomic mass is 9.33. The molecule has 12 heteroatoms. The van der Waals surface area contributed by atoms with Crippen molar-refractivity contribution in [1.82, 2.24) is 0 Å². The Bertz CT molecular complexity index is 1690. The van der Waals surface area contributed by atoms with Gasteiger partial charge in [0.2, 0.25) is 0 Å². The molecule has 17 unspecified atom stereocenters. The standard InChI is InChI=1S/C46H72O12/c1-12-24(3)38(53)56-34-26(5)55-40(33(51)35(34)57-39(54)25(4)13-2)58-37-36(52)46(23-48)28(20-41(37,6)7)27-14-15-30-42(8)18-17-31(49)43(9,22-47)29(42)16-19-44(30,10)45(27,11)21-32(46)50/h12-14,26,28-37,40,47-52H,15-23H2,1-11H3. The van der Waals surface area contributed by atoms with Crippen LogP contribution in [0.25, 0.3) is 0 Å². The molecule has 12 nitrogen and oxygen atoms in total. The third-order valence-corrected chi connectivity index (χ3v) is 17.5. The van der Waals surface area contributed by atoms with E-state index in [1.165, 1.54) is 0 Å². The van der Waals surface area contributed by atoms with Gasteiger partial charge in [-0.1, -0.05) is 65.3 Å². The maximum Gasteiger partial charge on any atom is 0.333 e. The normalized spacial score (nSPS) is 49.0. The number of esters is 2. The molecule has 0 amide bonds. The Balaban J connectivity index is 1.33. The van der Waals surface area contributed by atoms with Crippen LogP contribution in [0.2, 0.25) is 0 Å². The second kappa shape index (κ2) is 15.6. The Morgan fingerprint density at radius 3 is 2.00 bits per heavy atom. The molecule has 328 valence electrons. The van der Waals surface area contributed by atoms with E-state index in [-0.39, 0.29) is 34.8 Å². The van der Waals surface area contributed by atoms with Gasteiger partial charge in [-0.25, -0.2) is 9.59 Å². The molecule has 0 aromatic carbocycles. The van der Waals surface area contributed by atoms with Crippen molar-refractivity contribution >= 4 is 11.9 Å². The van der Waals surface area contributed by atoms with Crippen molar-refractivity contribution in [1.29, 1.82) is 0 Å². The van der Waals surface area contributed by atoms with Crippen molar-refractivity contribution in [3.63, 3.8) is 0 Å². The van der Waals surface area contributed by atoms with Crippen LogP contribution in [0.3, 0.4) is 0 Å². The molecular formula is C46H72O12. The quantitative estimate of drug-likeness (QED) is 0.0841. The van der Waals surface area contributed by atoms with Crippen LogP contribution in [0.1, 0.15) is 121 Å². The van der Waals surface area contributed by atoms with Gasteiger partial charge in [0, 0.05) is 16.6 Å². The minimum Gasteiger partial charge on any atom is -0.452 e. The zero-order valence-corrected chi connectivity index (χ0v) is 36.7. The summed E-state index contributed by atoms with van der Waals surface area (Å²) in [6.07, 6.45) is -0.461. The molecule has 0 bridgehead atoms. The molecule has 5 fully saturated rings. The predicted molar refractivity (Wildman–Crippen MR) is 216 cm³/mol. The predicted octanol–water partition coefficient (Wildman–Crippen LogP) is 4.91. The lowest BCUT2D eigenvalue weighted by molar-refractivity contribution is -0.342. The zero-order valence-electron chi connectivity index (χ0n) is 36.7. The molecule has 5 aliphatic carbocycles. The summed E-state index contributed by atoms with van der Waals surface area (Å²) in [6, 6.07) is 0. The first-order valence-corrected chi connectivity index (χ1v) is 21.6. The fourth-order valence-corrected chi connectivity index (χ4v) is 13.4. The van der Waals surface area contributed by atoms with Gasteiger partial charge in [-0.3, -0.25) is 0 Å². The van der Waals surface area contributed by atoms with Crippen LogP contribution in [0.15, 0.2) is 34.9 Å². The smallest absolute Gasteiger partial charge is 0.333 e. The van der Waals surface area contributed by atoms with Crippen molar-refractivity contribution in [2.45, 2.75) is 176 Å². The highest BCUT2D eigenvalue weighted by Crippen LogP contribution is 2.75. The summed E-state index contributed by atoms with van der Waals surface area (Å²) in [5, 5.41) is 70.2. The number of hydrogen-bond acceptors (Lipinski definition) is 12. The number of carbonyl (C=O) groups is 2. The van der Waals surface area contributed by atoms with Crippen LogP contribution >= 0.6 is 0 Å². The van der Waals surface area contributed by atoms with Gasteiger partial charge in [0.25, 0.3) is 0 Å². The Hall–Kier alpha value is -2.16. The SMILES string of the molecule is CC=C(C)C(=O)OC1C(C)OC(OC2C(O)C3(CO)C(O)CC4(C)C(=CCC5C6(C)CCC(O)C(C)(CO)C6CCC54C)C3CC2(C)C)C(O)C1OC(=O)C(C)=CC. The minimum absolute atomic E-state index is 0.0694. The Kier molecular flexibility index (Phi) is 12.2. The van der Waals surface area contributed by atoms with Gasteiger partial charge in [0.1, 0.15) is 6.10 Å². The number of fused-ring (bicyclic) bond motifs is 7. The zero-order chi connectivity index (χ0) is 43.1. The maximum atomic E-state index is 13.1. The van der Waals surface area contributed by atoms with E-state index in [0.717, 1.165) is 31.3 Å². The number of rotatable bonds is 8. The lowest BCUT2D eigenvalue weighted by Gasteiger charge is -2.72. The second-order valence-electron chi connectivity index (χ2n) is 20.6. The van der Waals surface area contributed by atoms with Crippen molar-refractivity contribution in [3.8, 4) is 0 Å². The molecule has 58 heavy (non-hydrogen) atoms. The Labute approximate surface area is 345 Å². The van der Waals surface area contributed by atoms with Crippen LogP contribution in [-0.2, 0) is 28.5 Å². The first-order valence-electron chi connectivity index (χ1n) is 21.6. The molecule has 6 N–H and O–H groups in total. The van der Waals surface area contributed by atoms with E-state index in [4.69, 9.17) is 18.9 Å². The minimum atomic E-state index is -1.64. The van der Waals surface area contributed by atoms with Gasteiger partial charge in [0.05, 0.1) is 49.1 Å². The molecule has 1 saturated heterocycles. The highest BCUT2D eigenvalue weighted by molar-refractivity contribution is 5.88. The molecule has 0 aromatic rings. The van der Waals surface area contributed by atoms with E-state index in [0.29, 0.717) is 24.8 Å². The number of aliphatic hydroxyl groups is 6. The van der Waals surface area contributed by atoms with Gasteiger partial charge < -0.3 is 49.6 Å². The van der Waals surface area contributed by atoms with E-state index in [9.17, 15) is 40.2 Å². The number of ether oxygens (including phenoxy) is 4. The summed E-state index contributed by atoms with van der Waals surface area (Å²) < 4.78 is 24.3. The van der Waals surface area contributed by atoms with Crippen LogP contribution < -0.4 is 0 Å². The molecule has 1 aliphatic heterocycles. The number of carbonyl (C=O) groups excluding carboxylic acids is 2. The third-order valence-electron chi connectivity index (χ3n) is 17.5. The van der Waals surface area contributed by atoms with E-state index in [2.05, 4.69) is 26.8 Å². The van der Waals surface area contributed by atoms with Crippen LogP contribution in [-0.4, -0.2) is 111 Å². The maximum absolute atomic E-state index is 13.1. The molecule has 0 spiro atoms. The number of hydrogen-bond donors (Lipinski definition) is 6. The average Bonchev–Trinajstić information content (AvgIpc) is 3.17. The van der Waals surface area contributed by atoms with Crippen molar-refractivity contribution in [3.05, 3.63) is 34.9 Å². The van der Waals surface area contributed by atoms with E-state index in [1.807, 2.05) is 20.8 Å². The van der Waals surface area contributed by atoms with Crippen LogP contribution in [0, 0.1) is 50.2 Å². The summed E-state index contributed by atoms with van der Waals surface area (Å²) in [7, 11) is 0. The molecule has 6 rings (SSSR count). The summed E-state index contributed by atoms with van der Waals surface area (Å²) in [6.45, 7) is 20.5. The van der Waals surface area contributed by atoms with Gasteiger partial charge >= 0.3 is 11.9 Å². The molecular weight excluding hydrogens is 744 g/mol. The Morgan fingerprint density at radius 1 is 0.828 bits per heavy atom. The van der Waals surface area contributed by atoms with Crippen molar-refractivity contribution < 1.29 is 59.2 Å². The molecule has 1 heterocycles. The number of aliphatic hydroxyl groups excluding tert-OH is 6. The molecule has 17 atom stereocenters. The average molecular weight is 817 g/mol. The molecule has 6 aliphatic rings. The summed E-state index contributed by atoms with van der Waals surface area (Å²) in [4.78, 5) is 26.0. The largest absolute Gasteiger partial charge is 0.452 e. The highest BCUT2D eigenvalue weighted by atomic mass is 16.7. The number of allylic oxidation sites excluding steroid dienone is 4.